The third-order valence-electron chi connectivity index (χ3n) is 5.35. The Balaban J connectivity index is 1.64. The Morgan fingerprint density at radius 3 is 2.53 bits per heavy atom. The third kappa shape index (κ3) is 4.11. The first-order valence-corrected chi connectivity index (χ1v) is 11.4. The van der Waals surface area contributed by atoms with Crippen LogP contribution in [0.2, 0.25) is 0 Å². The number of sulfonamides is 1. The number of rotatable bonds is 7. The molecule has 1 atom stereocenters. The Morgan fingerprint density at radius 1 is 1.16 bits per heavy atom. The van der Waals surface area contributed by atoms with E-state index in [1.165, 1.54) is 44.4 Å². The van der Waals surface area contributed by atoms with Gasteiger partial charge in [-0.05, 0) is 56.2 Å². The van der Waals surface area contributed by atoms with E-state index in [-0.39, 0.29) is 33.8 Å². The summed E-state index contributed by atoms with van der Waals surface area (Å²) >= 11 is 0. The van der Waals surface area contributed by atoms with Crippen LogP contribution in [0.5, 0.6) is 5.75 Å². The predicted octanol–water partition coefficient (Wildman–Crippen LogP) is 1.44. The molecule has 0 aromatic heterocycles. The molecule has 1 saturated heterocycles. The maximum absolute atomic E-state index is 13.0. The molecule has 1 heterocycles. The van der Waals surface area contributed by atoms with Crippen molar-refractivity contribution in [1.29, 1.82) is 0 Å². The van der Waals surface area contributed by atoms with Gasteiger partial charge in [0.1, 0.15) is 11.3 Å². The number of anilines is 1. The molecule has 0 bridgehead atoms. The van der Waals surface area contributed by atoms with Crippen LogP contribution in [0.1, 0.15) is 35.7 Å². The first-order valence-electron chi connectivity index (χ1n) is 9.88. The van der Waals surface area contributed by atoms with Gasteiger partial charge in [0.2, 0.25) is 0 Å². The fraction of sp³-hybridized carbons (Fsp3) is 0.286. The molecule has 1 aliphatic heterocycles. The summed E-state index contributed by atoms with van der Waals surface area (Å²) in [7, 11) is -2.71. The van der Waals surface area contributed by atoms with E-state index in [9.17, 15) is 22.8 Å². The molecule has 4 amide bonds. The van der Waals surface area contributed by atoms with Crippen molar-refractivity contribution in [3.05, 3.63) is 53.6 Å². The Morgan fingerprint density at radius 2 is 1.91 bits per heavy atom. The van der Waals surface area contributed by atoms with Crippen LogP contribution >= 0.6 is 0 Å². The number of urea groups is 1. The summed E-state index contributed by atoms with van der Waals surface area (Å²) in [5.74, 6) is -0.656. The first-order chi connectivity index (χ1) is 15.1. The van der Waals surface area contributed by atoms with Crippen molar-refractivity contribution in [2.24, 2.45) is 0 Å². The lowest BCUT2D eigenvalue weighted by atomic mass is 9.91. The molecule has 0 radical (unpaired) electrons. The van der Waals surface area contributed by atoms with E-state index in [4.69, 9.17) is 4.74 Å². The summed E-state index contributed by atoms with van der Waals surface area (Å²) in [6.07, 6.45) is 1.88. The fourth-order valence-electron chi connectivity index (χ4n) is 3.41. The molecule has 168 valence electrons. The van der Waals surface area contributed by atoms with Gasteiger partial charge in [-0.3, -0.25) is 19.6 Å². The molecule has 10 nitrogen and oxygen atoms in total. The van der Waals surface area contributed by atoms with Crippen LogP contribution in [0.15, 0.2) is 47.4 Å². The highest BCUT2D eigenvalue weighted by Gasteiger charge is 2.45. The maximum atomic E-state index is 13.0. The van der Waals surface area contributed by atoms with Crippen molar-refractivity contribution in [2.75, 3.05) is 11.8 Å². The second-order valence-corrected chi connectivity index (χ2v) is 9.51. The zero-order chi connectivity index (χ0) is 23.1. The standard InChI is InChI=1S/C21H22N4O6S/c1-21(19(27)23-20(28)24-21)16-11-15(8-9-17(16)31-2)32(29,30)25-14-5-3-4-12(10-14)18(26)22-13-6-7-13/h3-5,8-11,13,25H,6-7H2,1-2H3,(H,22,26)(H2,23,24,27,28)/t21-/m1/s1. The molecule has 1 saturated carbocycles. The number of benzene rings is 2. The molecule has 4 N–H and O–H groups in total. The van der Waals surface area contributed by atoms with Gasteiger partial charge >= 0.3 is 6.03 Å². The van der Waals surface area contributed by atoms with E-state index in [1.807, 2.05) is 0 Å². The molecule has 2 fully saturated rings. The minimum absolute atomic E-state index is 0.142. The van der Waals surface area contributed by atoms with Gasteiger partial charge in [-0.1, -0.05) is 6.07 Å². The largest absolute Gasteiger partial charge is 0.496 e. The van der Waals surface area contributed by atoms with E-state index in [1.54, 1.807) is 12.1 Å². The highest BCUT2D eigenvalue weighted by molar-refractivity contribution is 7.92. The zero-order valence-electron chi connectivity index (χ0n) is 17.4. The van der Waals surface area contributed by atoms with Crippen LogP contribution in [0.3, 0.4) is 0 Å². The normalized spacial score (nSPS) is 20.3. The molecule has 4 rings (SSSR count). The van der Waals surface area contributed by atoms with Gasteiger partial charge < -0.3 is 15.4 Å². The molecule has 1 aliphatic carbocycles. The average Bonchev–Trinajstić information content (AvgIpc) is 3.52. The van der Waals surface area contributed by atoms with E-state index in [0.717, 1.165) is 12.8 Å². The summed E-state index contributed by atoms with van der Waals surface area (Å²) in [6.45, 7) is 1.46. The Kier molecular flexibility index (Phi) is 5.29. The van der Waals surface area contributed by atoms with Crippen molar-refractivity contribution < 1.29 is 27.5 Å². The highest BCUT2D eigenvalue weighted by Crippen LogP contribution is 2.34. The lowest BCUT2D eigenvalue weighted by Gasteiger charge is -2.24. The van der Waals surface area contributed by atoms with Gasteiger partial charge in [0.15, 0.2) is 0 Å². The Labute approximate surface area is 184 Å². The number of carbonyl (C=O) groups is 3. The minimum Gasteiger partial charge on any atom is -0.496 e. The monoisotopic (exact) mass is 458 g/mol. The second-order valence-electron chi connectivity index (χ2n) is 7.83. The van der Waals surface area contributed by atoms with Crippen LogP contribution in [0.4, 0.5) is 10.5 Å². The average molecular weight is 458 g/mol. The second kappa shape index (κ2) is 7.83. The lowest BCUT2D eigenvalue weighted by Crippen LogP contribution is -2.41. The number of hydrogen-bond acceptors (Lipinski definition) is 6. The van der Waals surface area contributed by atoms with E-state index in [2.05, 4.69) is 20.7 Å². The molecule has 11 heteroatoms. The topological polar surface area (TPSA) is 143 Å². The predicted molar refractivity (Wildman–Crippen MR) is 115 cm³/mol. The molecule has 32 heavy (non-hydrogen) atoms. The number of nitrogens with one attached hydrogen (secondary N) is 4. The molecule has 2 aliphatic rings. The zero-order valence-corrected chi connectivity index (χ0v) is 18.2. The number of carbonyl (C=O) groups excluding carboxylic acids is 3. The first kappa shape index (κ1) is 21.6. The molecule has 2 aromatic rings. The van der Waals surface area contributed by atoms with Gasteiger partial charge in [0, 0.05) is 22.9 Å². The smallest absolute Gasteiger partial charge is 0.322 e. The van der Waals surface area contributed by atoms with E-state index >= 15 is 0 Å². The van der Waals surface area contributed by atoms with Crippen molar-refractivity contribution in [3.8, 4) is 5.75 Å². The van der Waals surface area contributed by atoms with Crippen molar-refractivity contribution in [3.63, 3.8) is 0 Å². The maximum Gasteiger partial charge on any atom is 0.322 e. The minimum atomic E-state index is -4.08. The van der Waals surface area contributed by atoms with Crippen molar-refractivity contribution in [1.82, 2.24) is 16.0 Å². The number of imide groups is 1. The summed E-state index contributed by atoms with van der Waals surface area (Å²) in [4.78, 5) is 36.2. The van der Waals surface area contributed by atoms with E-state index in [0.29, 0.717) is 5.56 Å². The number of hydrogen-bond donors (Lipinski definition) is 4. The summed E-state index contributed by atoms with van der Waals surface area (Å²) < 4.78 is 33.8. The van der Waals surface area contributed by atoms with Crippen molar-refractivity contribution in [2.45, 2.75) is 36.2 Å². The molecular weight excluding hydrogens is 436 g/mol. The van der Waals surface area contributed by atoms with Crippen LogP contribution in [-0.4, -0.2) is 39.4 Å². The van der Waals surface area contributed by atoms with Crippen LogP contribution < -0.4 is 25.4 Å². The van der Waals surface area contributed by atoms with Gasteiger partial charge in [-0.25, -0.2) is 13.2 Å². The summed E-state index contributed by atoms with van der Waals surface area (Å²) in [5, 5.41) is 7.50. The van der Waals surface area contributed by atoms with Gasteiger partial charge in [-0.2, -0.15) is 0 Å². The quantitative estimate of drug-likeness (QED) is 0.463. The van der Waals surface area contributed by atoms with E-state index < -0.39 is 27.5 Å². The number of ether oxygens (including phenoxy) is 1. The van der Waals surface area contributed by atoms with Gasteiger partial charge in [0.05, 0.1) is 12.0 Å². The third-order valence-corrected chi connectivity index (χ3v) is 6.73. The van der Waals surface area contributed by atoms with Crippen LogP contribution in [0.25, 0.3) is 0 Å². The van der Waals surface area contributed by atoms with Crippen LogP contribution in [-0.2, 0) is 20.4 Å². The Hall–Kier alpha value is -3.60. The van der Waals surface area contributed by atoms with Gasteiger partial charge in [0.25, 0.3) is 21.8 Å². The fourth-order valence-corrected chi connectivity index (χ4v) is 4.49. The molecule has 0 spiro atoms. The SMILES string of the molecule is COc1ccc(S(=O)(=O)Nc2cccc(C(=O)NC3CC3)c2)cc1[C@@]1(C)NC(=O)NC1=O. The summed E-state index contributed by atoms with van der Waals surface area (Å²) in [6, 6.07) is 9.66. The highest BCUT2D eigenvalue weighted by atomic mass is 32.2. The number of methoxy groups -OCH3 is 1. The molecule has 2 aromatic carbocycles. The molecular formula is C21H22N4O6S. The van der Waals surface area contributed by atoms with Gasteiger partial charge in [-0.15, -0.1) is 0 Å². The Bertz CT molecular complexity index is 1220. The van der Waals surface area contributed by atoms with Crippen molar-refractivity contribution >= 4 is 33.6 Å². The number of amides is 4. The van der Waals surface area contributed by atoms with Crippen LogP contribution in [0, 0.1) is 0 Å². The molecule has 0 unspecified atom stereocenters. The lowest BCUT2D eigenvalue weighted by molar-refractivity contribution is -0.123. The summed E-state index contributed by atoms with van der Waals surface area (Å²) in [5.41, 5.74) is -0.771.